The second-order valence-electron chi connectivity index (χ2n) is 5.85. The zero-order valence-electron chi connectivity index (χ0n) is 13.1. The molecule has 22 heavy (non-hydrogen) atoms. The van der Waals surface area contributed by atoms with Gasteiger partial charge in [0.2, 0.25) is 0 Å². The average molecular weight is 299 g/mol. The summed E-state index contributed by atoms with van der Waals surface area (Å²) < 4.78 is 5.33. The fraction of sp³-hybridized carbons (Fsp3) is 0.412. The molecule has 0 atom stereocenters. The molecule has 1 N–H and O–H groups in total. The van der Waals surface area contributed by atoms with Gasteiger partial charge in [-0.1, -0.05) is 12.1 Å². The zero-order valence-corrected chi connectivity index (χ0v) is 13.1. The number of fused-ring (bicyclic) bond motifs is 1. The van der Waals surface area contributed by atoms with Crippen molar-refractivity contribution in [3.05, 3.63) is 40.8 Å². The Morgan fingerprint density at radius 2 is 2.05 bits per heavy atom. The number of para-hydroxylation sites is 1. The van der Waals surface area contributed by atoms with Crippen molar-refractivity contribution in [3.63, 3.8) is 0 Å². The van der Waals surface area contributed by atoms with Crippen LogP contribution in [0.2, 0.25) is 0 Å². The minimum atomic E-state index is 0.392. The van der Waals surface area contributed by atoms with Crippen molar-refractivity contribution >= 4 is 17.4 Å². The van der Waals surface area contributed by atoms with Crippen LogP contribution < -0.4 is 5.32 Å². The molecule has 1 aromatic carbocycles. The quantitative estimate of drug-likeness (QED) is 0.676. The standard InChI is InChI=1S/C10H9NO2.C7H12N2/c1-7-11-10-8(5-6-12)3-2-4-9(10)13-7;1-9-4-6-2-8-3-7(6)5-9/h2-4,6H,5H2,1H3;8H,2-5H2,1H3. The molecule has 2 aliphatic heterocycles. The molecule has 0 saturated carbocycles. The number of hydrogen-bond acceptors (Lipinski definition) is 5. The summed E-state index contributed by atoms with van der Waals surface area (Å²) in [5.41, 5.74) is 5.74. The second-order valence-corrected chi connectivity index (χ2v) is 5.85. The Labute approximate surface area is 130 Å². The van der Waals surface area contributed by atoms with E-state index in [4.69, 9.17) is 4.42 Å². The summed E-state index contributed by atoms with van der Waals surface area (Å²) in [5.74, 6) is 0.633. The van der Waals surface area contributed by atoms with E-state index in [2.05, 4.69) is 22.2 Å². The number of aldehydes is 1. The lowest BCUT2D eigenvalue weighted by Gasteiger charge is -2.09. The van der Waals surface area contributed by atoms with Gasteiger partial charge in [-0.3, -0.25) is 4.90 Å². The van der Waals surface area contributed by atoms with Gasteiger partial charge in [-0.15, -0.1) is 0 Å². The smallest absolute Gasteiger partial charge is 0.192 e. The third-order valence-electron chi connectivity index (χ3n) is 4.01. The molecular weight excluding hydrogens is 278 g/mol. The zero-order chi connectivity index (χ0) is 15.5. The summed E-state index contributed by atoms with van der Waals surface area (Å²) in [4.78, 5) is 16.9. The van der Waals surface area contributed by atoms with E-state index in [0.29, 0.717) is 12.3 Å². The van der Waals surface area contributed by atoms with Crippen LogP contribution >= 0.6 is 0 Å². The lowest BCUT2D eigenvalue weighted by atomic mass is 10.1. The van der Waals surface area contributed by atoms with Gasteiger partial charge < -0.3 is 14.5 Å². The first kappa shape index (κ1) is 14.9. The van der Waals surface area contributed by atoms with Crippen LogP contribution in [0, 0.1) is 6.92 Å². The monoisotopic (exact) mass is 299 g/mol. The third-order valence-corrected chi connectivity index (χ3v) is 4.01. The third kappa shape index (κ3) is 3.10. The highest BCUT2D eigenvalue weighted by Crippen LogP contribution is 2.19. The number of hydrogen-bond donors (Lipinski definition) is 1. The molecule has 0 amide bonds. The van der Waals surface area contributed by atoms with Gasteiger partial charge in [0.25, 0.3) is 0 Å². The molecule has 0 bridgehead atoms. The maximum Gasteiger partial charge on any atom is 0.192 e. The molecule has 0 fully saturated rings. The summed E-state index contributed by atoms with van der Waals surface area (Å²) in [6.45, 7) is 6.47. The molecule has 2 aromatic rings. The predicted octanol–water partition coefficient (Wildman–Crippen LogP) is 1.71. The van der Waals surface area contributed by atoms with Crippen molar-refractivity contribution in [1.29, 1.82) is 0 Å². The summed E-state index contributed by atoms with van der Waals surface area (Å²) in [5, 5.41) is 3.34. The van der Waals surface area contributed by atoms with Crippen molar-refractivity contribution in [2.45, 2.75) is 13.3 Å². The Morgan fingerprint density at radius 1 is 1.32 bits per heavy atom. The van der Waals surface area contributed by atoms with Crippen LogP contribution in [0.25, 0.3) is 11.1 Å². The normalized spacial score (nSPS) is 17.5. The van der Waals surface area contributed by atoms with Gasteiger partial charge in [0, 0.05) is 39.5 Å². The van der Waals surface area contributed by atoms with E-state index in [0.717, 1.165) is 36.0 Å². The average Bonchev–Trinajstić information content (AvgIpc) is 3.13. The number of nitrogens with one attached hydrogen (secondary N) is 1. The van der Waals surface area contributed by atoms with Crippen LogP contribution in [0.5, 0.6) is 0 Å². The molecule has 1 aromatic heterocycles. The molecule has 5 heteroatoms. The number of rotatable bonds is 2. The van der Waals surface area contributed by atoms with Crippen LogP contribution in [-0.2, 0) is 11.2 Å². The van der Waals surface area contributed by atoms with Crippen molar-refractivity contribution in [3.8, 4) is 0 Å². The molecule has 2 aliphatic rings. The molecule has 0 radical (unpaired) electrons. The summed E-state index contributed by atoms with van der Waals surface area (Å²) in [7, 11) is 2.18. The van der Waals surface area contributed by atoms with Crippen LogP contribution in [0.1, 0.15) is 11.5 Å². The number of oxazole rings is 1. The first-order chi connectivity index (χ1) is 10.7. The van der Waals surface area contributed by atoms with Gasteiger partial charge in [0.15, 0.2) is 11.5 Å². The van der Waals surface area contributed by atoms with Gasteiger partial charge >= 0.3 is 0 Å². The van der Waals surface area contributed by atoms with Gasteiger partial charge in [0.1, 0.15) is 11.8 Å². The van der Waals surface area contributed by atoms with Gasteiger partial charge in [0.05, 0.1) is 0 Å². The molecule has 0 saturated heterocycles. The maximum atomic E-state index is 10.4. The Kier molecular flexibility index (Phi) is 4.36. The Bertz CT molecular complexity index is 702. The maximum absolute atomic E-state index is 10.4. The minimum Gasteiger partial charge on any atom is -0.441 e. The first-order valence-electron chi connectivity index (χ1n) is 7.55. The Hall–Kier alpha value is -1.98. The van der Waals surface area contributed by atoms with Gasteiger partial charge in [-0.2, -0.15) is 0 Å². The summed E-state index contributed by atoms with van der Waals surface area (Å²) >= 11 is 0. The highest BCUT2D eigenvalue weighted by Gasteiger charge is 2.21. The van der Waals surface area contributed by atoms with E-state index in [1.165, 1.54) is 13.1 Å². The van der Waals surface area contributed by atoms with Gasteiger partial charge in [-0.25, -0.2) is 4.98 Å². The second kappa shape index (κ2) is 6.42. The van der Waals surface area contributed by atoms with Crippen LogP contribution in [0.4, 0.5) is 0 Å². The van der Waals surface area contributed by atoms with Crippen LogP contribution in [0.15, 0.2) is 33.8 Å². The van der Waals surface area contributed by atoms with Crippen LogP contribution in [0.3, 0.4) is 0 Å². The molecule has 5 nitrogen and oxygen atoms in total. The molecule has 4 rings (SSSR count). The minimum absolute atomic E-state index is 0.392. The highest BCUT2D eigenvalue weighted by molar-refractivity contribution is 5.79. The van der Waals surface area contributed by atoms with Crippen molar-refractivity contribution in [2.75, 3.05) is 33.2 Å². The SMILES string of the molecule is CN1CC2=C(CNC2)C1.Cc1nc2c(CC=O)cccc2o1. The van der Waals surface area contributed by atoms with Gasteiger partial charge in [-0.05, 0) is 29.8 Å². The van der Waals surface area contributed by atoms with Crippen molar-refractivity contribution in [1.82, 2.24) is 15.2 Å². The fourth-order valence-electron chi connectivity index (χ4n) is 3.03. The van der Waals surface area contributed by atoms with E-state index in [1.807, 2.05) is 18.2 Å². The van der Waals surface area contributed by atoms with E-state index < -0.39 is 0 Å². The highest BCUT2D eigenvalue weighted by atomic mass is 16.3. The van der Waals surface area contributed by atoms with Crippen molar-refractivity contribution in [2.24, 2.45) is 0 Å². The lowest BCUT2D eigenvalue weighted by molar-refractivity contribution is -0.107. The number of carbonyl (C=O) groups is 1. The number of aromatic nitrogens is 1. The number of likely N-dealkylation sites (N-methyl/N-ethyl adjacent to an activating group) is 1. The number of nitrogens with zero attached hydrogens (tertiary/aromatic N) is 2. The lowest BCUT2D eigenvalue weighted by Crippen LogP contribution is -2.22. The number of aryl methyl sites for hydroxylation is 1. The predicted molar refractivity (Wildman–Crippen MR) is 85.9 cm³/mol. The molecule has 116 valence electrons. The largest absolute Gasteiger partial charge is 0.441 e. The van der Waals surface area contributed by atoms with E-state index in [9.17, 15) is 4.79 Å². The first-order valence-corrected chi connectivity index (χ1v) is 7.55. The Morgan fingerprint density at radius 3 is 2.73 bits per heavy atom. The Balaban J connectivity index is 0.000000139. The fourth-order valence-corrected chi connectivity index (χ4v) is 3.03. The molecule has 0 spiro atoms. The molecule has 0 aliphatic carbocycles. The summed E-state index contributed by atoms with van der Waals surface area (Å²) in [6.07, 6.45) is 1.27. The van der Waals surface area contributed by atoms with E-state index in [-0.39, 0.29) is 0 Å². The van der Waals surface area contributed by atoms with E-state index >= 15 is 0 Å². The summed E-state index contributed by atoms with van der Waals surface area (Å²) in [6, 6.07) is 5.61. The van der Waals surface area contributed by atoms with Crippen LogP contribution in [-0.4, -0.2) is 49.4 Å². The molecule has 3 heterocycles. The topological polar surface area (TPSA) is 58.4 Å². The molecule has 0 unspecified atom stereocenters. The number of carbonyl (C=O) groups excluding carboxylic acids is 1. The van der Waals surface area contributed by atoms with Crippen molar-refractivity contribution < 1.29 is 9.21 Å². The molecular formula is C17H21N3O2. The van der Waals surface area contributed by atoms with E-state index in [1.54, 1.807) is 18.1 Å². The number of benzene rings is 1.